The first-order chi connectivity index (χ1) is 18.0. The summed E-state index contributed by atoms with van der Waals surface area (Å²) in [4.78, 5) is 18.3. The average molecular weight is 531 g/mol. The van der Waals surface area contributed by atoms with Crippen LogP contribution < -0.4 is 10.6 Å². The molecule has 38 heavy (non-hydrogen) atoms. The van der Waals surface area contributed by atoms with Crippen molar-refractivity contribution in [1.82, 2.24) is 15.2 Å². The van der Waals surface area contributed by atoms with E-state index in [-0.39, 0.29) is 42.1 Å². The highest BCUT2D eigenvalue weighted by Crippen LogP contribution is 2.41. The lowest BCUT2D eigenvalue weighted by Crippen LogP contribution is -2.62. The van der Waals surface area contributed by atoms with Crippen molar-refractivity contribution in [2.75, 3.05) is 18.9 Å². The van der Waals surface area contributed by atoms with Crippen LogP contribution in [0.25, 0.3) is 22.4 Å². The quantitative estimate of drug-likeness (QED) is 0.433. The summed E-state index contributed by atoms with van der Waals surface area (Å²) < 4.78 is 56.9. The lowest BCUT2D eigenvalue weighted by molar-refractivity contribution is -0.122. The number of allylic oxidation sites excluding steroid dienone is 1. The van der Waals surface area contributed by atoms with Crippen LogP contribution in [-0.2, 0) is 4.79 Å². The van der Waals surface area contributed by atoms with E-state index in [1.165, 1.54) is 0 Å². The van der Waals surface area contributed by atoms with Gasteiger partial charge in [0.25, 0.3) is 0 Å². The maximum absolute atomic E-state index is 15.8. The summed E-state index contributed by atoms with van der Waals surface area (Å²) >= 11 is 0. The summed E-state index contributed by atoms with van der Waals surface area (Å²) in [5.74, 6) is 0.280. The number of aromatic nitrogens is 1. The van der Waals surface area contributed by atoms with Crippen LogP contribution in [0.4, 0.5) is 23.2 Å². The van der Waals surface area contributed by atoms with E-state index in [0.29, 0.717) is 28.6 Å². The van der Waals surface area contributed by atoms with Gasteiger partial charge in [-0.3, -0.25) is 9.69 Å². The van der Waals surface area contributed by atoms with Gasteiger partial charge in [-0.05, 0) is 63.3 Å². The molecule has 5 rings (SSSR count). The molecule has 3 heterocycles. The number of carbonyl (C=O) groups is 1. The zero-order valence-corrected chi connectivity index (χ0v) is 21.7. The summed E-state index contributed by atoms with van der Waals surface area (Å²) in [6.07, 6.45) is 1.89. The van der Waals surface area contributed by atoms with Crippen LogP contribution in [0, 0.1) is 11.8 Å². The molecule has 9 heteroatoms. The number of hydrogen-bond donors (Lipinski definition) is 2. The Morgan fingerprint density at radius 1 is 1.21 bits per heavy atom. The first-order valence-electron chi connectivity index (χ1n) is 13.3. The zero-order valence-electron chi connectivity index (χ0n) is 21.7. The van der Waals surface area contributed by atoms with Crippen molar-refractivity contribution >= 4 is 34.0 Å². The first-order valence-corrected chi connectivity index (χ1v) is 13.3. The number of alkyl halides is 4. The summed E-state index contributed by atoms with van der Waals surface area (Å²) in [5, 5.41) is 6.98. The largest absolute Gasteiger partial charge is 0.417 e. The highest BCUT2D eigenvalue weighted by atomic mass is 19.4. The molecule has 204 valence electrons. The number of carbonyl (C=O) groups excluding carboxylic acids is 1. The molecule has 1 aromatic carbocycles. The Hall–Kier alpha value is -2.94. The third kappa shape index (κ3) is 5.30. The van der Waals surface area contributed by atoms with E-state index >= 15 is 4.39 Å². The van der Waals surface area contributed by atoms with Gasteiger partial charge in [-0.1, -0.05) is 31.7 Å². The number of pyridine rings is 1. The second-order valence-electron chi connectivity index (χ2n) is 11.0. The van der Waals surface area contributed by atoms with Crippen molar-refractivity contribution in [3.05, 3.63) is 48.3 Å². The highest BCUT2D eigenvalue weighted by molar-refractivity contribution is 6.00. The first kappa shape index (κ1) is 26.7. The van der Waals surface area contributed by atoms with Gasteiger partial charge in [-0.25, -0.2) is 9.37 Å². The Labute approximate surface area is 220 Å². The van der Waals surface area contributed by atoms with Crippen molar-refractivity contribution in [1.29, 1.82) is 0 Å². The second kappa shape index (κ2) is 10.3. The number of anilines is 1. The molecule has 5 nitrogen and oxygen atoms in total. The minimum Gasteiger partial charge on any atom is -0.379 e. The minimum absolute atomic E-state index is 0.0169. The van der Waals surface area contributed by atoms with Crippen molar-refractivity contribution in [3.63, 3.8) is 0 Å². The van der Waals surface area contributed by atoms with E-state index in [1.807, 2.05) is 7.05 Å². The number of halogens is 4. The number of piperidine rings is 2. The van der Waals surface area contributed by atoms with E-state index in [1.54, 1.807) is 36.4 Å². The van der Waals surface area contributed by atoms with Crippen LogP contribution in [-0.4, -0.2) is 59.9 Å². The Morgan fingerprint density at radius 2 is 1.97 bits per heavy atom. The molecule has 2 bridgehead atoms. The molecule has 2 saturated heterocycles. The van der Waals surface area contributed by atoms with Crippen LogP contribution in [0.1, 0.15) is 50.4 Å². The SMILES string of the molecule is C=C(c1nc(/C=C/CNC(=O)C2CC2)cc2c(N[C@@H]3CC4CCC(C)C([C@H]3F)N4C)cccc12)C(F)(F)F. The fraction of sp³-hybridized carbons (Fsp3) is 0.517. The molecule has 2 aromatic rings. The van der Waals surface area contributed by atoms with E-state index in [4.69, 9.17) is 0 Å². The lowest BCUT2D eigenvalue weighted by atomic mass is 9.75. The summed E-state index contributed by atoms with van der Waals surface area (Å²) in [5.41, 5.74) is -0.423. The number of rotatable bonds is 7. The zero-order chi connectivity index (χ0) is 27.2. The molecule has 3 fully saturated rings. The molecule has 1 aromatic heterocycles. The van der Waals surface area contributed by atoms with Gasteiger partial charge < -0.3 is 10.6 Å². The summed E-state index contributed by atoms with van der Waals surface area (Å²) in [6, 6.07) is 6.35. The van der Waals surface area contributed by atoms with Gasteiger partial charge in [-0.15, -0.1) is 0 Å². The molecule has 5 atom stereocenters. The number of hydrogen-bond acceptors (Lipinski definition) is 4. The van der Waals surface area contributed by atoms with Gasteiger partial charge in [0.2, 0.25) is 5.91 Å². The summed E-state index contributed by atoms with van der Waals surface area (Å²) in [7, 11) is 1.98. The third-order valence-electron chi connectivity index (χ3n) is 8.32. The van der Waals surface area contributed by atoms with Crippen molar-refractivity contribution in [2.45, 2.75) is 69.5 Å². The molecule has 3 aliphatic rings. The number of amides is 1. The standard InChI is InChI=1S/C29H34F4N4O/c1-16-9-12-20-15-24(25(30)27(16)37(20)3)36-23-8-4-7-21-22(23)14-19(35-26(21)17(2)29(31,32)33)6-5-13-34-28(38)18-10-11-18/h4-8,14,16,18,20,24-25,27,36H,2,9-13,15H2,1,3H3,(H,34,38)/b6-5+/t16?,20?,24-,25+,27?/m1/s1. The maximum atomic E-state index is 15.8. The van der Waals surface area contributed by atoms with Gasteiger partial charge in [0.05, 0.1) is 23.0 Å². The Morgan fingerprint density at radius 3 is 2.68 bits per heavy atom. The lowest BCUT2D eigenvalue weighted by Gasteiger charge is -2.52. The van der Waals surface area contributed by atoms with Crippen LogP contribution in [0.2, 0.25) is 0 Å². The molecule has 1 saturated carbocycles. The van der Waals surface area contributed by atoms with Crippen molar-refractivity contribution < 1.29 is 22.4 Å². The van der Waals surface area contributed by atoms with E-state index in [9.17, 15) is 18.0 Å². The average Bonchev–Trinajstić information content (AvgIpc) is 3.71. The minimum atomic E-state index is -4.66. The van der Waals surface area contributed by atoms with Gasteiger partial charge in [0.15, 0.2) is 0 Å². The van der Waals surface area contributed by atoms with Crippen LogP contribution in [0.3, 0.4) is 0 Å². The topological polar surface area (TPSA) is 57.3 Å². The Bertz CT molecular complexity index is 1260. The van der Waals surface area contributed by atoms with Crippen LogP contribution in [0.15, 0.2) is 36.9 Å². The molecule has 1 aliphatic carbocycles. The molecule has 1 amide bonds. The molecular formula is C29H34F4N4O. The monoisotopic (exact) mass is 530 g/mol. The van der Waals surface area contributed by atoms with Gasteiger partial charge >= 0.3 is 6.18 Å². The van der Waals surface area contributed by atoms with Gasteiger partial charge in [-0.2, -0.15) is 13.2 Å². The second-order valence-corrected chi connectivity index (χ2v) is 11.0. The Balaban J connectivity index is 1.47. The Kier molecular flexibility index (Phi) is 7.24. The molecule has 0 radical (unpaired) electrons. The third-order valence-corrected chi connectivity index (χ3v) is 8.32. The fourth-order valence-electron chi connectivity index (χ4n) is 6.00. The van der Waals surface area contributed by atoms with Crippen molar-refractivity contribution in [3.8, 4) is 0 Å². The molecule has 3 unspecified atom stereocenters. The normalized spacial score (nSPS) is 28.0. The number of fused-ring (bicyclic) bond motifs is 3. The fourth-order valence-corrected chi connectivity index (χ4v) is 6.00. The molecular weight excluding hydrogens is 496 g/mol. The molecule has 2 N–H and O–H groups in total. The highest BCUT2D eigenvalue weighted by Gasteiger charge is 2.47. The summed E-state index contributed by atoms with van der Waals surface area (Å²) in [6.45, 7) is 5.63. The van der Waals surface area contributed by atoms with Gasteiger partial charge in [0, 0.05) is 41.0 Å². The van der Waals surface area contributed by atoms with Crippen LogP contribution >= 0.6 is 0 Å². The van der Waals surface area contributed by atoms with E-state index in [0.717, 1.165) is 25.7 Å². The van der Waals surface area contributed by atoms with Crippen LogP contribution in [0.5, 0.6) is 0 Å². The van der Waals surface area contributed by atoms with E-state index < -0.39 is 24.0 Å². The van der Waals surface area contributed by atoms with Gasteiger partial charge in [0.1, 0.15) is 6.17 Å². The number of nitrogens with zero attached hydrogens (tertiary/aromatic N) is 2. The smallest absolute Gasteiger partial charge is 0.379 e. The molecule has 0 spiro atoms. The van der Waals surface area contributed by atoms with Crippen molar-refractivity contribution in [2.24, 2.45) is 11.8 Å². The predicted octanol–water partition coefficient (Wildman–Crippen LogP) is 5.97. The van der Waals surface area contributed by atoms with E-state index in [2.05, 4.69) is 34.0 Å². The number of nitrogens with one attached hydrogen (secondary N) is 2. The maximum Gasteiger partial charge on any atom is 0.417 e. The predicted molar refractivity (Wildman–Crippen MR) is 142 cm³/mol. The number of benzene rings is 1. The molecule has 2 aliphatic heterocycles.